The first-order valence-electron chi connectivity index (χ1n) is 6.10. The Bertz CT molecular complexity index is 157. The van der Waals surface area contributed by atoms with E-state index >= 15 is 0 Å². The predicted molar refractivity (Wildman–Crippen MR) is 74.8 cm³/mol. The molecule has 0 aromatic rings. The molecule has 3 nitrogen and oxygen atoms in total. The Morgan fingerprint density at radius 1 is 1.00 bits per heavy atom. The zero-order valence-electron chi connectivity index (χ0n) is 12.6. The Hall–Kier alpha value is -0.120. The summed E-state index contributed by atoms with van der Waals surface area (Å²) in [6.07, 6.45) is 1.20. The lowest BCUT2D eigenvalue weighted by Crippen LogP contribution is -2.44. The van der Waals surface area contributed by atoms with Crippen molar-refractivity contribution in [3.63, 3.8) is 0 Å². The van der Waals surface area contributed by atoms with Crippen molar-refractivity contribution in [3.8, 4) is 0 Å². The van der Waals surface area contributed by atoms with Crippen LogP contribution in [-0.4, -0.2) is 44.7 Å². The van der Waals surface area contributed by atoms with E-state index in [1.807, 2.05) is 0 Å². The Labute approximate surface area is 103 Å². The Morgan fingerprint density at radius 2 is 1.44 bits per heavy atom. The van der Waals surface area contributed by atoms with Gasteiger partial charge in [0.25, 0.3) is 0 Å². The minimum atomic E-state index is 0.244. The molecule has 0 bridgehead atoms. The van der Waals surface area contributed by atoms with Crippen molar-refractivity contribution in [2.75, 3.05) is 34.2 Å². The van der Waals surface area contributed by atoms with Gasteiger partial charge in [-0.3, -0.25) is 0 Å². The van der Waals surface area contributed by atoms with Crippen LogP contribution in [0.2, 0.25) is 0 Å². The topological polar surface area (TPSA) is 41.3 Å². The van der Waals surface area contributed by atoms with E-state index in [1.165, 1.54) is 13.5 Å². The van der Waals surface area contributed by atoms with Gasteiger partial charge in [-0.1, -0.05) is 20.8 Å². The van der Waals surface area contributed by atoms with E-state index in [1.54, 1.807) is 0 Å². The zero-order valence-corrected chi connectivity index (χ0v) is 12.6. The molecule has 0 amide bonds. The summed E-state index contributed by atoms with van der Waals surface area (Å²) >= 11 is 0. The van der Waals surface area contributed by atoms with Crippen molar-refractivity contribution in [1.82, 2.24) is 10.2 Å². The first kappa shape index (κ1) is 18.3. The second-order valence-corrected chi connectivity index (χ2v) is 6.35. The number of hydrogen-bond donors (Lipinski definition) is 2. The summed E-state index contributed by atoms with van der Waals surface area (Å²) < 4.78 is 0. The van der Waals surface area contributed by atoms with Gasteiger partial charge in [0.1, 0.15) is 0 Å². The van der Waals surface area contributed by atoms with Gasteiger partial charge in [-0.15, -0.1) is 0 Å². The largest absolute Gasteiger partial charge is 0.333 e. The smallest absolute Gasteiger partial charge is 0.0130 e. The molecule has 0 unspecified atom stereocenters. The summed E-state index contributed by atoms with van der Waals surface area (Å²) in [5.74, 6) is 0. The van der Waals surface area contributed by atoms with Gasteiger partial charge in [0, 0.05) is 18.6 Å². The Kier molecular flexibility index (Phi) is 9.17. The van der Waals surface area contributed by atoms with Crippen molar-refractivity contribution in [3.05, 3.63) is 0 Å². The van der Waals surface area contributed by atoms with Gasteiger partial charge in [0.15, 0.2) is 0 Å². The second-order valence-electron chi connectivity index (χ2n) is 6.35. The molecule has 0 rings (SSSR count). The van der Waals surface area contributed by atoms with Gasteiger partial charge in [-0.25, -0.2) is 0 Å². The van der Waals surface area contributed by atoms with E-state index in [0.29, 0.717) is 5.41 Å². The summed E-state index contributed by atoms with van der Waals surface area (Å²) in [4.78, 5) is 2.21. The molecule has 0 aromatic carbocycles. The van der Waals surface area contributed by atoms with Crippen LogP contribution in [0.4, 0.5) is 0 Å². The van der Waals surface area contributed by atoms with Crippen LogP contribution in [0.1, 0.15) is 41.0 Å². The van der Waals surface area contributed by atoms with Crippen molar-refractivity contribution in [2.45, 2.75) is 46.6 Å². The molecule has 0 aliphatic heterocycles. The van der Waals surface area contributed by atoms with Crippen LogP contribution < -0.4 is 11.1 Å². The number of nitrogens with two attached hydrogens (primary N) is 1. The monoisotopic (exact) mass is 231 g/mol. The van der Waals surface area contributed by atoms with Crippen LogP contribution in [0, 0.1) is 5.41 Å². The lowest BCUT2D eigenvalue weighted by Gasteiger charge is -2.33. The lowest BCUT2D eigenvalue weighted by atomic mass is 9.82. The highest BCUT2D eigenvalue weighted by Crippen LogP contribution is 2.26. The maximum Gasteiger partial charge on any atom is 0.0130 e. The molecule has 0 saturated heterocycles. The van der Waals surface area contributed by atoms with Crippen molar-refractivity contribution in [1.29, 1.82) is 0 Å². The molecule has 0 aromatic heterocycles. The summed E-state index contributed by atoms with van der Waals surface area (Å²) in [6, 6.07) is 0. The van der Waals surface area contributed by atoms with Gasteiger partial charge >= 0.3 is 0 Å². The molecule has 100 valence electrons. The van der Waals surface area contributed by atoms with E-state index < -0.39 is 0 Å². The summed E-state index contributed by atoms with van der Waals surface area (Å²) in [6.45, 7) is 13.6. The van der Waals surface area contributed by atoms with Gasteiger partial charge in [-0.05, 0) is 46.8 Å². The van der Waals surface area contributed by atoms with E-state index in [2.05, 4.69) is 64.7 Å². The second kappa shape index (κ2) is 8.04. The molecule has 0 atom stereocenters. The fourth-order valence-corrected chi connectivity index (χ4v) is 2.01. The average Bonchev–Trinajstić information content (AvgIpc) is 2.01. The normalized spacial score (nSPS) is 12.4. The molecular formula is C13H33N3. The highest BCUT2D eigenvalue weighted by atomic mass is 15.1. The molecule has 0 aliphatic rings. The quantitative estimate of drug-likeness (QED) is 0.759. The highest BCUT2D eigenvalue weighted by molar-refractivity contribution is 4.83. The van der Waals surface area contributed by atoms with Crippen LogP contribution >= 0.6 is 0 Å². The molecule has 3 heteroatoms. The lowest BCUT2D eigenvalue weighted by molar-refractivity contribution is 0.235. The van der Waals surface area contributed by atoms with Gasteiger partial charge in [-0.2, -0.15) is 0 Å². The number of nitrogens with zero attached hydrogens (tertiary/aromatic N) is 1. The van der Waals surface area contributed by atoms with Crippen molar-refractivity contribution >= 4 is 0 Å². The Morgan fingerprint density at radius 3 is 1.75 bits per heavy atom. The molecule has 0 heterocycles. The third-order valence-corrected chi connectivity index (χ3v) is 2.13. The van der Waals surface area contributed by atoms with E-state index in [-0.39, 0.29) is 5.54 Å². The number of rotatable bonds is 5. The summed E-state index contributed by atoms with van der Waals surface area (Å²) in [5.41, 5.74) is 5.14. The fourth-order valence-electron chi connectivity index (χ4n) is 2.01. The van der Waals surface area contributed by atoms with E-state index in [9.17, 15) is 0 Å². The minimum absolute atomic E-state index is 0.244. The maximum absolute atomic E-state index is 4.50. The van der Waals surface area contributed by atoms with Crippen LogP contribution in [0.5, 0.6) is 0 Å². The number of nitrogens with one attached hydrogen (secondary N) is 1. The van der Waals surface area contributed by atoms with Crippen LogP contribution in [0.25, 0.3) is 0 Å². The average molecular weight is 231 g/mol. The molecule has 16 heavy (non-hydrogen) atoms. The predicted octanol–water partition coefficient (Wildman–Crippen LogP) is 1.93. The third-order valence-electron chi connectivity index (χ3n) is 2.13. The molecule has 0 spiro atoms. The highest BCUT2D eigenvalue weighted by Gasteiger charge is 2.24. The van der Waals surface area contributed by atoms with Crippen molar-refractivity contribution < 1.29 is 0 Å². The fraction of sp³-hybridized carbons (Fsp3) is 1.00. The van der Waals surface area contributed by atoms with Gasteiger partial charge < -0.3 is 16.0 Å². The SMILES string of the molecule is CN.CN(C)CCNC(C)(C)CC(C)(C)C. The minimum Gasteiger partial charge on any atom is -0.333 e. The van der Waals surface area contributed by atoms with E-state index in [4.69, 9.17) is 0 Å². The molecule has 0 saturated carbocycles. The standard InChI is InChI=1S/C12H28N2.CH5N/c1-11(2,3)10-12(4,5)13-8-9-14(6)7;1-2/h13H,8-10H2,1-7H3;2H2,1H3. The van der Waals surface area contributed by atoms with Gasteiger partial charge in [0.2, 0.25) is 0 Å². The number of likely N-dealkylation sites (N-methyl/N-ethyl adjacent to an activating group) is 1. The van der Waals surface area contributed by atoms with Crippen LogP contribution in [0.15, 0.2) is 0 Å². The van der Waals surface area contributed by atoms with Crippen LogP contribution in [-0.2, 0) is 0 Å². The summed E-state index contributed by atoms with van der Waals surface area (Å²) in [7, 11) is 5.72. The third kappa shape index (κ3) is 13.9. The van der Waals surface area contributed by atoms with Crippen molar-refractivity contribution in [2.24, 2.45) is 11.1 Å². The first-order valence-corrected chi connectivity index (χ1v) is 6.10. The molecule has 3 N–H and O–H groups in total. The molecule has 0 aliphatic carbocycles. The zero-order chi connectivity index (χ0) is 13.4. The molecule has 0 radical (unpaired) electrons. The summed E-state index contributed by atoms with van der Waals surface area (Å²) in [5, 5.41) is 3.61. The number of hydrogen-bond acceptors (Lipinski definition) is 3. The maximum atomic E-state index is 4.50. The van der Waals surface area contributed by atoms with E-state index in [0.717, 1.165) is 13.1 Å². The van der Waals surface area contributed by atoms with Gasteiger partial charge in [0.05, 0.1) is 0 Å². The molecular weight excluding hydrogens is 198 g/mol. The van der Waals surface area contributed by atoms with Crippen LogP contribution in [0.3, 0.4) is 0 Å². The Balaban J connectivity index is 0. The molecule has 0 fully saturated rings. The first-order chi connectivity index (χ1) is 7.12.